The fourth-order valence-electron chi connectivity index (χ4n) is 2.41. The van der Waals surface area contributed by atoms with Crippen molar-refractivity contribution >= 4 is 27.4 Å². The zero-order chi connectivity index (χ0) is 17.1. The average molecular weight is 343 g/mol. The predicted molar refractivity (Wildman–Crippen MR) is 99.3 cm³/mol. The molecule has 0 aliphatic heterocycles. The number of ether oxygens (including phenoxy) is 2. The number of pyridine rings is 1. The lowest BCUT2D eigenvalue weighted by Gasteiger charge is -2.10. The van der Waals surface area contributed by atoms with Crippen LogP contribution >= 0.6 is 11.3 Å². The van der Waals surface area contributed by atoms with E-state index >= 15 is 0 Å². The molecule has 0 spiro atoms. The van der Waals surface area contributed by atoms with E-state index in [1.54, 1.807) is 18.4 Å². The molecule has 5 nitrogen and oxygen atoms in total. The third-order valence-corrected chi connectivity index (χ3v) is 4.23. The van der Waals surface area contributed by atoms with Gasteiger partial charge in [-0.3, -0.25) is 0 Å². The third kappa shape index (κ3) is 3.43. The van der Waals surface area contributed by atoms with Crippen LogP contribution in [0.4, 0.5) is 5.13 Å². The number of fused-ring (bicyclic) bond motifs is 1. The fraction of sp³-hybridized carbons (Fsp3) is 0.333. The fourth-order valence-corrected chi connectivity index (χ4v) is 3.27. The summed E-state index contributed by atoms with van der Waals surface area (Å²) >= 11 is 1.58. The molecule has 0 aliphatic rings. The van der Waals surface area contributed by atoms with Crippen molar-refractivity contribution in [3.05, 3.63) is 29.6 Å². The Kier molecular flexibility index (Phi) is 4.85. The van der Waals surface area contributed by atoms with Gasteiger partial charge in [-0.1, -0.05) is 0 Å². The van der Waals surface area contributed by atoms with Gasteiger partial charge in [0.2, 0.25) is 0 Å². The molecular formula is C18H21N3O2S. The van der Waals surface area contributed by atoms with Gasteiger partial charge in [0.25, 0.3) is 0 Å². The van der Waals surface area contributed by atoms with Gasteiger partial charge in [0, 0.05) is 28.9 Å². The second-order valence-corrected chi connectivity index (χ2v) is 6.52. The standard InChI is InChI=1S/C18H21N3O2S/c1-5-23-17-9-15(16-10-24-18(21-16)19-11(2)3)20-14-8-12(22-4)6-7-13(14)17/h6-11H,5H2,1-4H3,(H,19,21). The highest BCUT2D eigenvalue weighted by atomic mass is 32.1. The quantitative estimate of drug-likeness (QED) is 0.709. The van der Waals surface area contributed by atoms with Crippen molar-refractivity contribution in [2.24, 2.45) is 0 Å². The molecule has 0 radical (unpaired) electrons. The van der Waals surface area contributed by atoms with Gasteiger partial charge in [-0.25, -0.2) is 9.97 Å². The van der Waals surface area contributed by atoms with Gasteiger partial charge in [-0.05, 0) is 32.9 Å². The van der Waals surface area contributed by atoms with E-state index in [1.807, 2.05) is 36.6 Å². The summed E-state index contributed by atoms with van der Waals surface area (Å²) in [5.74, 6) is 1.58. The Balaban J connectivity index is 2.08. The average Bonchev–Trinajstić information content (AvgIpc) is 3.02. The largest absolute Gasteiger partial charge is 0.497 e. The molecule has 3 rings (SSSR count). The van der Waals surface area contributed by atoms with Crippen LogP contribution in [0.25, 0.3) is 22.3 Å². The summed E-state index contributed by atoms with van der Waals surface area (Å²) in [5, 5.41) is 7.19. The summed E-state index contributed by atoms with van der Waals surface area (Å²) in [5.41, 5.74) is 2.47. The summed E-state index contributed by atoms with van der Waals surface area (Å²) in [4.78, 5) is 9.38. The lowest BCUT2D eigenvalue weighted by Crippen LogP contribution is -2.09. The van der Waals surface area contributed by atoms with Crippen LogP contribution in [0.15, 0.2) is 29.6 Å². The van der Waals surface area contributed by atoms with Crippen LogP contribution in [-0.2, 0) is 0 Å². The maximum absolute atomic E-state index is 5.81. The number of rotatable bonds is 6. The Morgan fingerprint density at radius 3 is 2.71 bits per heavy atom. The number of hydrogen-bond donors (Lipinski definition) is 1. The molecule has 1 aromatic carbocycles. The Hall–Kier alpha value is -2.34. The molecule has 1 N–H and O–H groups in total. The number of nitrogens with zero attached hydrogens (tertiary/aromatic N) is 2. The van der Waals surface area contributed by atoms with Gasteiger partial charge < -0.3 is 14.8 Å². The van der Waals surface area contributed by atoms with Gasteiger partial charge in [0.1, 0.15) is 17.2 Å². The van der Waals surface area contributed by atoms with Crippen molar-refractivity contribution in [3.8, 4) is 22.9 Å². The Bertz CT molecular complexity index is 845. The molecule has 126 valence electrons. The Morgan fingerprint density at radius 1 is 1.17 bits per heavy atom. The molecule has 24 heavy (non-hydrogen) atoms. The van der Waals surface area contributed by atoms with E-state index < -0.39 is 0 Å². The molecule has 0 atom stereocenters. The van der Waals surface area contributed by atoms with Crippen molar-refractivity contribution in [2.75, 3.05) is 19.0 Å². The van der Waals surface area contributed by atoms with Crippen LogP contribution in [0.5, 0.6) is 11.5 Å². The van der Waals surface area contributed by atoms with Crippen molar-refractivity contribution in [3.63, 3.8) is 0 Å². The van der Waals surface area contributed by atoms with E-state index in [1.165, 1.54) is 0 Å². The van der Waals surface area contributed by atoms with Crippen molar-refractivity contribution in [1.29, 1.82) is 0 Å². The van der Waals surface area contributed by atoms with Crippen molar-refractivity contribution in [2.45, 2.75) is 26.8 Å². The molecular weight excluding hydrogens is 322 g/mol. The summed E-state index contributed by atoms with van der Waals surface area (Å²) in [6, 6.07) is 8.10. The van der Waals surface area contributed by atoms with Crippen molar-refractivity contribution in [1.82, 2.24) is 9.97 Å². The summed E-state index contributed by atoms with van der Waals surface area (Å²) in [7, 11) is 1.65. The van der Waals surface area contributed by atoms with E-state index in [0.29, 0.717) is 12.6 Å². The van der Waals surface area contributed by atoms with Gasteiger partial charge in [-0.2, -0.15) is 0 Å². The van der Waals surface area contributed by atoms with Crippen LogP contribution in [0.3, 0.4) is 0 Å². The monoisotopic (exact) mass is 343 g/mol. The summed E-state index contributed by atoms with van der Waals surface area (Å²) in [6.45, 7) is 6.76. The molecule has 0 aliphatic carbocycles. The first-order chi connectivity index (χ1) is 11.6. The normalized spacial score (nSPS) is 11.0. The summed E-state index contributed by atoms with van der Waals surface area (Å²) in [6.07, 6.45) is 0. The molecule has 0 amide bonds. The van der Waals surface area contributed by atoms with E-state index in [4.69, 9.17) is 14.5 Å². The molecule has 6 heteroatoms. The summed E-state index contributed by atoms with van der Waals surface area (Å²) < 4.78 is 11.1. The minimum atomic E-state index is 0.344. The van der Waals surface area contributed by atoms with Crippen LogP contribution in [0, 0.1) is 0 Å². The third-order valence-electron chi connectivity index (χ3n) is 3.46. The number of anilines is 1. The second-order valence-electron chi connectivity index (χ2n) is 5.66. The Labute approximate surface area is 145 Å². The molecule has 2 heterocycles. The van der Waals surface area contributed by atoms with Crippen LogP contribution in [0.2, 0.25) is 0 Å². The van der Waals surface area contributed by atoms with Crippen LogP contribution in [-0.4, -0.2) is 29.7 Å². The van der Waals surface area contributed by atoms with Crippen molar-refractivity contribution < 1.29 is 9.47 Å². The first-order valence-corrected chi connectivity index (χ1v) is 8.82. The maximum atomic E-state index is 5.81. The highest BCUT2D eigenvalue weighted by Gasteiger charge is 2.12. The molecule has 0 saturated heterocycles. The zero-order valence-corrected chi connectivity index (χ0v) is 15.1. The number of benzene rings is 1. The van der Waals surface area contributed by atoms with E-state index in [2.05, 4.69) is 24.1 Å². The highest BCUT2D eigenvalue weighted by Crippen LogP contribution is 2.33. The Morgan fingerprint density at radius 2 is 2.00 bits per heavy atom. The van der Waals surface area contributed by atoms with E-state index in [0.717, 1.165) is 38.9 Å². The van der Waals surface area contributed by atoms with Gasteiger partial charge >= 0.3 is 0 Å². The lowest BCUT2D eigenvalue weighted by atomic mass is 10.1. The number of hydrogen-bond acceptors (Lipinski definition) is 6. The lowest BCUT2D eigenvalue weighted by molar-refractivity contribution is 0.344. The van der Waals surface area contributed by atoms with Gasteiger partial charge in [-0.15, -0.1) is 11.3 Å². The number of nitrogens with one attached hydrogen (secondary N) is 1. The number of methoxy groups -OCH3 is 1. The first kappa shape index (κ1) is 16.5. The number of aromatic nitrogens is 2. The molecule has 3 aromatic rings. The number of thiazole rings is 1. The molecule has 0 bridgehead atoms. The SMILES string of the molecule is CCOc1cc(-c2csc(NC(C)C)n2)nc2cc(OC)ccc12. The van der Waals surface area contributed by atoms with Gasteiger partial charge in [0.15, 0.2) is 5.13 Å². The molecule has 0 fully saturated rings. The zero-order valence-electron chi connectivity index (χ0n) is 14.3. The smallest absolute Gasteiger partial charge is 0.183 e. The maximum Gasteiger partial charge on any atom is 0.183 e. The van der Waals surface area contributed by atoms with Gasteiger partial charge in [0.05, 0.1) is 24.9 Å². The molecule has 0 saturated carbocycles. The second kappa shape index (κ2) is 7.05. The predicted octanol–water partition coefficient (Wildman–Crippen LogP) is 4.59. The minimum Gasteiger partial charge on any atom is -0.497 e. The van der Waals surface area contributed by atoms with E-state index in [-0.39, 0.29) is 0 Å². The minimum absolute atomic E-state index is 0.344. The molecule has 2 aromatic heterocycles. The van der Waals surface area contributed by atoms with E-state index in [9.17, 15) is 0 Å². The highest BCUT2D eigenvalue weighted by molar-refractivity contribution is 7.14. The molecule has 0 unspecified atom stereocenters. The van der Waals surface area contributed by atoms with Crippen LogP contribution in [0.1, 0.15) is 20.8 Å². The first-order valence-electron chi connectivity index (χ1n) is 7.94. The van der Waals surface area contributed by atoms with Crippen LogP contribution < -0.4 is 14.8 Å². The topological polar surface area (TPSA) is 56.3 Å².